The summed E-state index contributed by atoms with van der Waals surface area (Å²) in [5.74, 6) is 1.17. The first-order valence-corrected chi connectivity index (χ1v) is 9.62. The molecule has 2 aromatic carbocycles. The number of para-hydroxylation sites is 1. The van der Waals surface area contributed by atoms with E-state index in [1.165, 1.54) is 6.42 Å². The zero-order chi connectivity index (χ0) is 18.5. The average Bonchev–Trinajstić information content (AvgIpc) is 3.56. The van der Waals surface area contributed by atoms with E-state index in [0.717, 1.165) is 31.4 Å². The second kappa shape index (κ2) is 5.85. The fraction of sp³-hybridized carbons (Fsp3) is 0.391. The Hall–Kier alpha value is -2.80. The Morgan fingerprint density at radius 1 is 1.00 bits per heavy atom. The Morgan fingerprint density at radius 2 is 1.70 bits per heavy atom. The first kappa shape index (κ1) is 16.4. The van der Waals surface area contributed by atoms with Crippen LogP contribution in [0, 0.1) is 28.1 Å². The maximum atomic E-state index is 12.8. The molecule has 3 aliphatic rings. The zero-order valence-corrected chi connectivity index (χ0v) is 15.1. The Kier molecular flexibility index (Phi) is 3.55. The molecule has 0 aromatic heterocycles. The van der Waals surface area contributed by atoms with Crippen molar-refractivity contribution in [1.29, 1.82) is 5.26 Å². The average molecular weight is 359 g/mol. The van der Waals surface area contributed by atoms with Gasteiger partial charge >= 0.3 is 5.97 Å². The highest BCUT2D eigenvalue weighted by Gasteiger charge is 2.85. The molecular weight excluding hydrogens is 338 g/mol. The van der Waals surface area contributed by atoms with Gasteiger partial charge < -0.3 is 9.47 Å². The summed E-state index contributed by atoms with van der Waals surface area (Å²) in [5, 5.41) is 9.59. The summed E-state index contributed by atoms with van der Waals surface area (Å²) in [7, 11) is 0. The van der Waals surface area contributed by atoms with Crippen LogP contribution in [0.2, 0.25) is 0 Å². The molecule has 2 atom stereocenters. The molecule has 0 saturated heterocycles. The molecule has 0 N–H and O–H groups in total. The fourth-order valence-corrected chi connectivity index (χ4v) is 5.17. The number of carbonyl (C=O) groups is 1. The maximum Gasteiger partial charge on any atom is 0.311 e. The number of hydrogen-bond acceptors (Lipinski definition) is 4. The van der Waals surface area contributed by atoms with Crippen molar-refractivity contribution in [3.8, 4) is 17.6 Å². The SMILES string of the molecule is N#CC(OC(=O)C1C2(CCC2)C12CC2)c1cccc(Oc2ccccc2)c1. The summed E-state index contributed by atoms with van der Waals surface area (Å²) in [5.41, 5.74) is 1.08. The highest BCUT2D eigenvalue weighted by molar-refractivity contribution is 5.81. The van der Waals surface area contributed by atoms with Crippen molar-refractivity contribution >= 4 is 5.97 Å². The van der Waals surface area contributed by atoms with Crippen molar-refractivity contribution in [2.24, 2.45) is 16.7 Å². The predicted molar refractivity (Wildman–Crippen MR) is 98.8 cm³/mol. The number of nitrogens with zero attached hydrogens (tertiary/aromatic N) is 1. The van der Waals surface area contributed by atoms with Gasteiger partial charge in [-0.25, -0.2) is 0 Å². The largest absolute Gasteiger partial charge is 0.457 e. The smallest absolute Gasteiger partial charge is 0.311 e. The molecule has 0 amide bonds. The number of carbonyl (C=O) groups excluding carboxylic acids is 1. The molecule has 136 valence electrons. The Morgan fingerprint density at radius 3 is 2.30 bits per heavy atom. The summed E-state index contributed by atoms with van der Waals surface area (Å²) in [6.45, 7) is 0. The lowest BCUT2D eigenvalue weighted by molar-refractivity contribution is -0.150. The van der Waals surface area contributed by atoms with Gasteiger partial charge in [-0.05, 0) is 60.8 Å². The molecule has 4 nitrogen and oxygen atoms in total. The lowest BCUT2D eigenvalue weighted by Gasteiger charge is -2.27. The molecule has 4 heteroatoms. The van der Waals surface area contributed by atoms with E-state index in [0.29, 0.717) is 11.3 Å². The summed E-state index contributed by atoms with van der Waals surface area (Å²) in [6.07, 6.45) is 4.89. The van der Waals surface area contributed by atoms with Crippen LogP contribution in [0.25, 0.3) is 0 Å². The number of rotatable bonds is 5. The van der Waals surface area contributed by atoms with Gasteiger partial charge in [-0.3, -0.25) is 4.79 Å². The third kappa shape index (κ3) is 2.45. The molecule has 3 saturated carbocycles. The van der Waals surface area contributed by atoms with Crippen molar-refractivity contribution < 1.29 is 14.3 Å². The van der Waals surface area contributed by atoms with E-state index in [4.69, 9.17) is 9.47 Å². The van der Waals surface area contributed by atoms with Crippen LogP contribution in [0.5, 0.6) is 11.5 Å². The van der Waals surface area contributed by atoms with Crippen LogP contribution in [-0.2, 0) is 9.53 Å². The van der Waals surface area contributed by atoms with Crippen LogP contribution in [0.15, 0.2) is 54.6 Å². The van der Waals surface area contributed by atoms with E-state index in [-0.39, 0.29) is 22.7 Å². The topological polar surface area (TPSA) is 59.3 Å². The van der Waals surface area contributed by atoms with Gasteiger partial charge in [0.05, 0.1) is 5.92 Å². The van der Waals surface area contributed by atoms with Crippen LogP contribution in [0.4, 0.5) is 0 Å². The van der Waals surface area contributed by atoms with Gasteiger partial charge in [-0.15, -0.1) is 0 Å². The third-order valence-electron chi connectivity index (χ3n) is 6.77. The predicted octanol–water partition coefficient (Wildman–Crippen LogP) is 5.17. The highest BCUT2D eigenvalue weighted by Crippen LogP contribution is 2.88. The normalized spacial score (nSPS) is 23.7. The minimum atomic E-state index is -0.898. The van der Waals surface area contributed by atoms with Crippen LogP contribution in [-0.4, -0.2) is 5.97 Å². The molecule has 0 aliphatic heterocycles. The van der Waals surface area contributed by atoms with Crippen LogP contribution >= 0.6 is 0 Å². The van der Waals surface area contributed by atoms with E-state index in [1.807, 2.05) is 42.5 Å². The van der Waals surface area contributed by atoms with E-state index >= 15 is 0 Å². The zero-order valence-electron chi connectivity index (χ0n) is 15.1. The number of hydrogen-bond donors (Lipinski definition) is 0. The second-order valence-corrected chi connectivity index (χ2v) is 8.03. The number of benzene rings is 2. The minimum Gasteiger partial charge on any atom is -0.457 e. The summed E-state index contributed by atoms with van der Waals surface area (Å²) < 4.78 is 11.5. The Bertz CT molecular complexity index is 922. The first-order chi connectivity index (χ1) is 13.2. The van der Waals surface area contributed by atoms with E-state index < -0.39 is 6.10 Å². The van der Waals surface area contributed by atoms with E-state index in [1.54, 1.807) is 12.1 Å². The van der Waals surface area contributed by atoms with Gasteiger partial charge in [0.25, 0.3) is 0 Å². The van der Waals surface area contributed by atoms with Gasteiger partial charge in [0.1, 0.15) is 17.6 Å². The van der Waals surface area contributed by atoms with E-state index in [9.17, 15) is 10.1 Å². The molecule has 3 aliphatic carbocycles. The number of esters is 1. The molecule has 0 heterocycles. The molecule has 2 aromatic rings. The van der Waals surface area contributed by atoms with Crippen molar-refractivity contribution in [3.05, 3.63) is 60.2 Å². The van der Waals surface area contributed by atoms with Gasteiger partial charge in [0.2, 0.25) is 6.10 Å². The summed E-state index contributed by atoms with van der Waals surface area (Å²) in [6, 6.07) is 18.8. The molecule has 2 unspecified atom stereocenters. The lowest BCUT2D eigenvalue weighted by atomic mass is 9.77. The van der Waals surface area contributed by atoms with Crippen LogP contribution in [0.3, 0.4) is 0 Å². The van der Waals surface area contributed by atoms with Gasteiger partial charge in [0.15, 0.2) is 0 Å². The summed E-state index contributed by atoms with van der Waals surface area (Å²) in [4.78, 5) is 12.8. The molecule has 0 bridgehead atoms. The molecule has 5 rings (SSSR count). The van der Waals surface area contributed by atoms with Crippen molar-refractivity contribution in [3.63, 3.8) is 0 Å². The highest BCUT2D eigenvalue weighted by atomic mass is 16.5. The first-order valence-electron chi connectivity index (χ1n) is 9.62. The van der Waals surface area contributed by atoms with Crippen molar-refractivity contribution in [2.45, 2.75) is 38.2 Å². The van der Waals surface area contributed by atoms with Crippen LogP contribution in [0.1, 0.15) is 43.8 Å². The van der Waals surface area contributed by atoms with Gasteiger partial charge in [-0.2, -0.15) is 5.26 Å². The standard InChI is InChI=1S/C23H21NO3/c24-15-19(27-21(25)20-22(10-5-11-22)23(20)12-13-23)16-6-4-9-18(14-16)26-17-7-2-1-3-8-17/h1-4,6-9,14,19-20H,5,10-13H2. The van der Waals surface area contributed by atoms with E-state index in [2.05, 4.69) is 6.07 Å². The molecule has 27 heavy (non-hydrogen) atoms. The number of ether oxygens (including phenoxy) is 2. The molecular formula is C23H21NO3. The van der Waals surface area contributed by atoms with Crippen molar-refractivity contribution in [2.75, 3.05) is 0 Å². The fourth-order valence-electron chi connectivity index (χ4n) is 5.17. The number of fused-ring (bicyclic) bond motifs is 1. The van der Waals surface area contributed by atoms with Gasteiger partial charge in [-0.1, -0.05) is 36.8 Å². The van der Waals surface area contributed by atoms with Gasteiger partial charge in [0, 0.05) is 5.56 Å². The van der Waals surface area contributed by atoms with Crippen molar-refractivity contribution in [1.82, 2.24) is 0 Å². The third-order valence-corrected chi connectivity index (χ3v) is 6.77. The van der Waals surface area contributed by atoms with Crippen LogP contribution < -0.4 is 4.74 Å². The molecule has 0 radical (unpaired) electrons. The molecule has 2 spiro atoms. The maximum absolute atomic E-state index is 12.8. The molecule has 3 fully saturated rings. The minimum absolute atomic E-state index is 0.0124. The number of nitriles is 1. The Balaban J connectivity index is 1.31. The summed E-state index contributed by atoms with van der Waals surface area (Å²) >= 11 is 0. The monoisotopic (exact) mass is 359 g/mol. The second-order valence-electron chi connectivity index (χ2n) is 8.03. The lowest BCUT2D eigenvalue weighted by Crippen LogP contribution is -2.21. The Labute approximate surface area is 158 Å². The quantitative estimate of drug-likeness (QED) is 0.691.